The third kappa shape index (κ3) is 4.41. The summed E-state index contributed by atoms with van der Waals surface area (Å²) in [7, 11) is 0. The number of rotatable bonds is 5. The van der Waals surface area contributed by atoms with Crippen LogP contribution in [0.4, 0.5) is 20.4 Å². The molecule has 0 aliphatic carbocycles. The van der Waals surface area contributed by atoms with E-state index < -0.39 is 17.2 Å². The number of aromatic nitrogens is 7. The van der Waals surface area contributed by atoms with Crippen LogP contribution in [0.25, 0.3) is 33.7 Å². The molecule has 35 heavy (non-hydrogen) atoms. The van der Waals surface area contributed by atoms with Gasteiger partial charge in [0.05, 0.1) is 23.3 Å². The third-order valence-electron chi connectivity index (χ3n) is 5.31. The SMILES string of the molecule is Cc1cnc(-c2ccnc(C(C)(C)O)n2)cc1-c1[nH]nc2nc(Nc3ncc(F)cc3F)ccc12. The van der Waals surface area contributed by atoms with E-state index in [0.717, 1.165) is 34.5 Å². The molecule has 0 aliphatic heterocycles. The molecule has 0 radical (unpaired) electrons. The van der Waals surface area contributed by atoms with Crippen LogP contribution in [0, 0.1) is 18.6 Å². The second-order valence-corrected chi connectivity index (χ2v) is 8.48. The Bertz CT molecular complexity index is 1560. The minimum atomic E-state index is -1.19. The largest absolute Gasteiger partial charge is 0.382 e. The number of halogens is 2. The summed E-state index contributed by atoms with van der Waals surface area (Å²) in [5.74, 6) is -1.13. The first kappa shape index (κ1) is 22.4. The van der Waals surface area contributed by atoms with Gasteiger partial charge in [0.1, 0.15) is 17.2 Å². The molecule has 5 aromatic heterocycles. The Labute approximate surface area is 198 Å². The standard InChI is InChI=1S/C24H20F2N8O/c1-12-10-28-18(17-6-7-27-23(30-17)24(2,3)35)9-15(12)20-14-4-5-19(31-21(14)34-33-20)32-22-16(26)8-13(25)11-29-22/h4-11,35H,1-3H3,(H2,29,31,32,33,34). The van der Waals surface area contributed by atoms with Crippen LogP contribution in [0.2, 0.25) is 0 Å². The maximum absolute atomic E-state index is 13.9. The molecule has 0 unspecified atom stereocenters. The van der Waals surface area contributed by atoms with Crippen LogP contribution >= 0.6 is 0 Å². The lowest BCUT2D eigenvalue weighted by Crippen LogP contribution is -2.19. The first-order chi connectivity index (χ1) is 16.7. The van der Waals surface area contributed by atoms with Crippen LogP contribution in [0.3, 0.4) is 0 Å². The first-order valence-corrected chi connectivity index (χ1v) is 10.7. The van der Waals surface area contributed by atoms with Crippen LogP contribution in [0.5, 0.6) is 0 Å². The van der Waals surface area contributed by atoms with Crippen molar-refractivity contribution >= 4 is 22.7 Å². The lowest BCUT2D eigenvalue weighted by atomic mass is 10.0. The van der Waals surface area contributed by atoms with E-state index in [1.54, 1.807) is 44.4 Å². The van der Waals surface area contributed by atoms with E-state index in [4.69, 9.17) is 0 Å². The van der Waals surface area contributed by atoms with E-state index >= 15 is 0 Å². The minimum Gasteiger partial charge on any atom is -0.382 e. The molecule has 0 fully saturated rings. The predicted molar refractivity (Wildman–Crippen MR) is 126 cm³/mol. The molecule has 9 nitrogen and oxygen atoms in total. The Morgan fingerprint density at radius 3 is 2.57 bits per heavy atom. The summed E-state index contributed by atoms with van der Waals surface area (Å²) in [4.78, 5) is 21.2. The van der Waals surface area contributed by atoms with Crippen molar-refractivity contribution in [1.82, 2.24) is 35.1 Å². The zero-order valence-electron chi connectivity index (χ0n) is 19.0. The number of hydrogen-bond acceptors (Lipinski definition) is 8. The molecule has 176 valence electrons. The molecule has 0 spiro atoms. The second-order valence-electron chi connectivity index (χ2n) is 8.48. The number of nitrogens with zero attached hydrogens (tertiary/aromatic N) is 6. The van der Waals surface area contributed by atoms with Gasteiger partial charge in [0, 0.05) is 29.4 Å². The van der Waals surface area contributed by atoms with Crippen molar-refractivity contribution in [2.24, 2.45) is 0 Å². The normalized spacial score (nSPS) is 11.7. The van der Waals surface area contributed by atoms with Gasteiger partial charge < -0.3 is 10.4 Å². The van der Waals surface area contributed by atoms with Gasteiger partial charge in [-0.2, -0.15) is 5.10 Å². The number of hydrogen-bond donors (Lipinski definition) is 3. The second kappa shape index (κ2) is 8.44. The number of pyridine rings is 3. The van der Waals surface area contributed by atoms with Crippen LogP contribution in [-0.4, -0.2) is 40.2 Å². The summed E-state index contributed by atoms with van der Waals surface area (Å²) in [5, 5.41) is 21.0. The predicted octanol–water partition coefficient (Wildman–Crippen LogP) is 4.43. The quantitative estimate of drug-likeness (QED) is 0.342. The highest BCUT2D eigenvalue weighted by Gasteiger charge is 2.21. The first-order valence-electron chi connectivity index (χ1n) is 10.7. The molecule has 0 amide bonds. The van der Waals surface area contributed by atoms with Crippen molar-refractivity contribution in [2.75, 3.05) is 5.32 Å². The van der Waals surface area contributed by atoms with E-state index in [0.29, 0.717) is 28.7 Å². The summed E-state index contributed by atoms with van der Waals surface area (Å²) in [6.07, 6.45) is 4.23. The van der Waals surface area contributed by atoms with Gasteiger partial charge in [-0.25, -0.2) is 28.7 Å². The summed E-state index contributed by atoms with van der Waals surface area (Å²) in [5.41, 5.74) is 2.85. The number of fused-ring (bicyclic) bond motifs is 1. The smallest absolute Gasteiger partial charge is 0.183 e. The highest BCUT2D eigenvalue weighted by Crippen LogP contribution is 2.31. The lowest BCUT2D eigenvalue weighted by molar-refractivity contribution is 0.0688. The molecule has 5 rings (SSSR count). The fourth-order valence-electron chi connectivity index (χ4n) is 3.53. The number of anilines is 2. The van der Waals surface area contributed by atoms with Gasteiger partial charge in [-0.1, -0.05) is 0 Å². The molecule has 0 bridgehead atoms. The van der Waals surface area contributed by atoms with Crippen LogP contribution in [0.15, 0.2) is 48.9 Å². The van der Waals surface area contributed by atoms with E-state index in [1.165, 1.54) is 0 Å². The van der Waals surface area contributed by atoms with Crippen molar-refractivity contribution < 1.29 is 13.9 Å². The number of H-pyrrole nitrogens is 1. The molecule has 3 N–H and O–H groups in total. The highest BCUT2D eigenvalue weighted by atomic mass is 19.1. The maximum atomic E-state index is 13.9. The van der Waals surface area contributed by atoms with Crippen molar-refractivity contribution in [2.45, 2.75) is 26.4 Å². The molecular weight excluding hydrogens is 454 g/mol. The van der Waals surface area contributed by atoms with Gasteiger partial charge in [-0.05, 0) is 50.6 Å². The minimum absolute atomic E-state index is 0.140. The Morgan fingerprint density at radius 1 is 0.971 bits per heavy atom. The molecule has 5 heterocycles. The maximum Gasteiger partial charge on any atom is 0.183 e. The zero-order chi connectivity index (χ0) is 24.7. The van der Waals surface area contributed by atoms with Gasteiger partial charge in [0.2, 0.25) is 0 Å². The Kier molecular flexibility index (Phi) is 5.40. The Balaban J connectivity index is 1.51. The van der Waals surface area contributed by atoms with Crippen molar-refractivity contribution in [1.29, 1.82) is 0 Å². The fraction of sp³-hybridized carbons (Fsp3) is 0.167. The van der Waals surface area contributed by atoms with Gasteiger partial charge in [0.15, 0.2) is 23.1 Å². The summed E-state index contributed by atoms with van der Waals surface area (Å²) < 4.78 is 27.1. The number of aliphatic hydroxyl groups is 1. The average Bonchev–Trinajstić information content (AvgIpc) is 3.24. The van der Waals surface area contributed by atoms with E-state index in [1.807, 2.05) is 13.0 Å². The molecule has 0 aliphatic rings. The molecule has 0 atom stereocenters. The number of aryl methyl sites for hydroxylation is 1. The molecule has 11 heteroatoms. The van der Waals surface area contributed by atoms with Crippen LogP contribution in [-0.2, 0) is 5.60 Å². The zero-order valence-corrected chi connectivity index (χ0v) is 19.0. The molecule has 5 aromatic rings. The van der Waals surface area contributed by atoms with E-state index in [2.05, 4.69) is 40.4 Å². The highest BCUT2D eigenvalue weighted by molar-refractivity contribution is 5.93. The van der Waals surface area contributed by atoms with Crippen molar-refractivity contribution in [3.63, 3.8) is 0 Å². The summed E-state index contributed by atoms with van der Waals surface area (Å²) in [6, 6.07) is 7.80. The third-order valence-corrected chi connectivity index (χ3v) is 5.31. The number of aromatic amines is 1. The van der Waals surface area contributed by atoms with Crippen LogP contribution < -0.4 is 5.32 Å². The summed E-state index contributed by atoms with van der Waals surface area (Å²) in [6.45, 7) is 5.16. The summed E-state index contributed by atoms with van der Waals surface area (Å²) >= 11 is 0. The van der Waals surface area contributed by atoms with Gasteiger partial charge in [-0.3, -0.25) is 10.1 Å². The Morgan fingerprint density at radius 2 is 1.80 bits per heavy atom. The fourth-order valence-corrected chi connectivity index (χ4v) is 3.53. The van der Waals surface area contributed by atoms with E-state index in [9.17, 15) is 13.9 Å². The molecule has 0 saturated heterocycles. The molecule has 0 aromatic carbocycles. The molecule has 0 saturated carbocycles. The Hall–Kier alpha value is -4.38. The average molecular weight is 474 g/mol. The lowest BCUT2D eigenvalue weighted by Gasteiger charge is -2.15. The van der Waals surface area contributed by atoms with E-state index in [-0.39, 0.29) is 5.82 Å². The van der Waals surface area contributed by atoms with Gasteiger partial charge in [-0.15, -0.1) is 0 Å². The van der Waals surface area contributed by atoms with Gasteiger partial charge in [0.25, 0.3) is 0 Å². The van der Waals surface area contributed by atoms with Crippen LogP contribution in [0.1, 0.15) is 25.2 Å². The number of nitrogens with one attached hydrogen (secondary N) is 2. The topological polar surface area (TPSA) is 125 Å². The van der Waals surface area contributed by atoms with Gasteiger partial charge >= 0.3 is 0 Å². The van der Waals surface area contributed by atoms with Crippen molar-refractivity contribution in [3.8, 4) is 22.6 Å². The monoisotopic (exact) mass is 474 g/mol. The van der Waals surface area contributed by atoms with Crippen molar-refractivity contribution in [3.05, 3.63) is 71.9 Å². The molecular formula is C24H20F2N8O.